The third-order valence-corrected chi connectivity index (χ3v) is 6.54. The third kappa shape index (κ3) is 3.11. The number of nitrogens with zero attached hydrogens (tertiary/aromatic N) is 3. The van der Waals surface area contributed by atoms with E-state index in [1.165, 1.54) is 35.7 Å². The first-order chi connectivity index (χ1) is 12.6. The zero-order chi connectivity index (χ0) is 18.3. The van der Waals surface area contributed by atoms with Gasteiger partial charge in [0.1, 0.15) is 36.9 Å². The van der Waals surface area contributed by atoms with E-state index < -0.39 is 0 Å². The van der Waals surface area contributed by atoms with Gasteiger partial charge in [0.15, 0.2) is 6.04 Å². The summed E-state index contributed by atoms with van der Waals surface area (Å²) >= 11 is 1.57. The number of benzene rings is 1. The Kier molecular flexibility index (Phi) is 4.69. The highest BCUT2D eigenvalue weighted by Crippen LogP contribution is 2.35. The maximum Gasteiger partial charge on any atom is 0.235 e. The fraction of sp³-hybridized carbons (Fsp3) is 0.474. The summed E-state index contributed by atoms with van der Waals surface area (Å²) in [5.74, 6) is 0.938. The monoisotopic (exact) mass is 373 g/mol. The van der Waals surface area contributed by atoms with Crippen LogP contribution in [0.15, 0.2) is 24.3 Å². The van der Waals surface area contributed by atoms with Crippen molar-refractivity contribution < 1.29 is 14.9 Å². The van der Waals surface area contributed by atoms with Crippen LogP contribution < -0.4 is 9.80 Å². The molecule has 1 fully saturated rings. The summed E-state index contributed by atoms with van der Waals surface area (Å²) in [6.07, 6.45) is 0. The second-order valence-electron chi connectivity index (χ2n) is 7.25. The molecule has 0 spiro atoms. The molecule has 0 saturated carbocycles. The summed E-state index contributed by atoms with van der Waals surface area (Å²) in [5.41, 5.74) is 2.51. The maximum atomic E-state index is 10.9. The molecule has 26 heavy (non-hydrogen) atoms. The Morgan fingerprint density at radius 1 is 1.23 bits per heavy atom. The van der Waals surface area contributed by atoms with Crippen LogP contribution in [-0.2, 0) is 0 Å². The quantitative estimate of drug-likeness (QED) is 0.604. The van der Waals surface area contributed by atoms with E-state index in [2.05, 4.69) is 48.2 Å². The van der Waals surface area contributed by atoms with Crippen molar-refractivity contribution in [1.82, 2.24) is 14.6 Å². The van der Waals surface area contributed by atoms with Crippen LogP contribution in [0.4, 0.5) is 0 Å². The van der Waals surface area contributed by atoms with Gasteiger partial charge in [-0.15, -0.1) is 5.10 Å². The predicted octanol–water partition coefficient (Wildman–Crippen LogP) is 0.00594. The standard InChI is InChI=1S/C19H25N5OS/c1-4-22-8-10-23(11-9-22)16(15-7-5-6-13(2)12-15)17-18(25)24-19(26-17)20-14(3)21-24/h5-7,12,16,25H,4,8-11H2,1-3H3/p+2/t16-/m0/s1. The molecule has 1 aromatic carbocycles. The number of fused-ring (bicyclic) bond motifs is 1. The molecule has 0 amide bonds. The van der Waals surface area contributed by atoms with E-state index in [4.69, 9.17) is 0 Å². The van der Waals surface area contributed by atoms with Gasteiger partial charge < -0.3 is 14.9 Å². The minimum atomic E-state index is 0.127. The van der Waals surface area contributed by atoms with Crippen molar-refractivity contribution in [1.29, 1.82) is 0 Å². The Labute approximate surface area is 157 Å². The molecule has 4 rings (SSSR count). The number of quaternary nitrogens is 2. The van der Waals surface area contributed by atoms with Gasteiger partial charge in [0.05, 0.1) is 6.54 Å². The number of rotatable bonds is 4. The predicted molar refractivity (Wildman–Crippen MR) is 102 cm³/mol. The van der Waals surface area contributed by atoms with E-state index in [1.54, 1.807) is 20.8 Å². The van der Waals surface area contributed by atoms with E-state index in [1.807, 2.05) is 6.92 Å². The van der Waals surface area contributed by atoms with Crippen LogP contribution in [0, 0.1) is 13.8 Å². The van der Waals surface area contributed by atoms with Crippen molar-refractivity contribution in [2.75, 3.05) is 32.7 Å². The van der Waals surface area contributed by atoms with Crippen LogP contribution in [0.25, 0.3) is 4.96 Å². The summed E-state index contributed by atoms with van der Waals surface area (Å²) in [6.45, 7) is 12.0. The van der Waals surface area contributed by atoms with Crippen LogP contribution in [0.3, 0.4) is 0 Å². The topological polar surface area (TPSA) is 59.3 Å². The molecule has 0 aliphatic carbocycles. The van der Waals surface area contributed by atoms with Crippen LogP contribution in [0.1, 0.15) is 34.8 Å². The molecule has 0 unspecified atom stereocenters. The number of hydrogen-bond acceptors (Lipinski definition) is 4. The van der Waals surface area contributed by atoms with Crippen molar-refractivity contribution in [2.24, 2.45) is 0 Å². The molecule has 1 saturated heterocycles. The molecular weight excluding hydrogens is 346 g/mol. The molecule has 1 aliphatic heterocycles. The molecule has 7 heteroatoms. The number of aryl methyl sites for hydroxylation is 2. The average Bonchev–Trinajstić information content (AvgIpc) is 3.14. The Morgan fingerprint density at radius 2 is 2.00 bits per heavy atom. The normalized spacial score (nSPS) is 22.0. The summed E-state index contributed by atoms with van der Waals surface area (Å²) in [6, 6.07) is 8.80. The summed E-state index contributed by atoms with van der Waals surface area (Å²) in [4.78, 5) is 9.38. The SMILES string of the molecule is CC[NH+]1CC[NH+]([C@@H](c2cccc(C)c2)c2sc3nc(C)nn3c2O)CC1. The van der Waals surface area contributed by atoms with Crippen LogP contribution in [0.2, 0.25) is 0 Å². The lowest BCUT2D eigenvalue weighted by Gasteiger charge is -2.34. The second kappa shape index (κ2) is 6.98. The minimum absolute atomic E-state index is 0.127. The van der Waals surface area contributed by atoms with Gasteiger partial charge in [-0.05, 0) is 26.8 Å². The Morgan fingerprint density at radius 3 is 2.65 bits per heavy atom. The molecule has 2 aromatic heterocycles. The minimum Gasteiger partial charge on any atom is -0.492 e. The Balaban J connectivity index is 1.77. The lowest BCUT2D eigenvalue weighted by Crippen LogP contribution is -3.28. The van der Waals surface area contributed by atoms with Gasteiger partial charge in [-0.3, -0.25) is 0 Å². The first-order valence-electron chi connectivity index (χ1n) is 9.36. The summed E-state index contributed by atoms with van der Waals surface area (Å²) in [5, 5.41) is 15.2. The Bertz CT molecular complexity index is 910. The van der Waals surface area contributed by atoms with Crippen molar-refractivity contribution >= 4 is 16.3 Å². The number of hydrogen-bond donors (Lipinski definition) is 3. The number of aromatic nitrogens is 3. The molecule has 3 heterocycles. The van der Waals surface area contributed by atoms with Gasteiger partial charge >= 0.3 is 0 Å². The molecule has 1 aliphatic rings. The van der Waals surface area contributed by atoms with Crippen LogP contribution in [0.5, 0.6) is 5.88 Å². The van der Waals surface area contributed by atoms with Gasteiger partial charge in [0.2, 0.25) is 10.8 Å². The fourth-order valence-electron chi connectivity index (χ4n) is 4.03. The van der Waals surface area contributed by atoms with Gasteiger partial charge in [0.25, 0.3) is 0 Å². The summed E-state index contributed by atoms with van der Waals surface area (Å²) in [7, 11) is 0. The van der Waals surface area contributed by atoms with Crippen LogP contribution in [-0.4, -0.2) is 52.4 Å². The summed E-state index contributed by atoms with van der Waals surface area (Å²) < 4.78 is 1.59. The lowest BCUT2D eigenvalue weighted by atomic mass is 10.0. The molecular formula is C19H27N5OS+2. The van der Waals surface area contributed by atoms with Crippen molar-refractivity contribution in [3.8, 4) is 5.88 Å². The van der Waals surface area contributed by atoms with Gasteiger partial charge in [-0.2, -0.15) is 4.52 Å². The van der Waals surface area contributed by atoms with E-state index in [-0.39, 0.29) is 11.9 Å². The smallest absolute Gasteiger partial charge is 0.235 e. The number of nitrogens with one attached hydrogen (secondary N) is 2. The number of thiazole rings is 1. The fourth-order valence-corrected chi connectivity index (χ4v) is 5.21. The highest BCUT2D eigenvalue weighted by atomic mass is 32.1. The van der Waals surface area contributed by atoms with Gasteiger partial charge in [-0.25, -0.2) is 4.98 Å². The van der Waals surface area contributed by atoms with E-state index >= 15 is 0 Å². The van der Waals surface area contributed by atoms with Crippen molar-refractivity contribution in [2.45, 2.75) is 26.8 Å². The van der Waals surface area contributed by atoms with Crippen molar-refractivity contribution in [3.63, 3.8) is 0 Å². The second-order valence-corrected chi connectivity index (χ2v) is 8.26. The average molecular weight is 374 g/mol. The lowest BCUT2D eigenvalue weighted by molar-refractivity contribution is -1.02. The molecule has 3 aromatic rings. The number of aromatic hydroxyl groups is 1. The number of likely N-dealkylation sites (N-methyl/N-ethyl adjacent to an activating group) is 1. The van der Waals surface area contributed by atoms with E-state index in [0.29, 0.717) is 5.82 Å². The third-order valence-electron chi connectivity index (χ3n) is 5.45. The highest BCUT2D eigenvalue weighted by molar-refractivity contribution is 7.17. The van der Waals surface area contributed by atoms with Gasteiger partial charge in [0, 0.05) is 5.56 Å². The first kappa shape index (κ1) is 17.5. The van der Waals surface area contributed by atoms with E-state index in [0.717, 1.165) is 22.9 Å². The molecule has 3 N–H and O–H groups in total. The van der Waals surface area contributed by atoms with Crippen LogP contribution >= 0.6 is 11.3 Å². The highest BCUT2D eigenvalue weighted by Gasteiger charge is 2.35. The zero-order valence-corrected chi connectivity index (χ0v) is 16.4. The molecule has 0 radical (unpaired) electrons. The zero-order valence-electron chi connectivity index (χ0n) is 15.6. The first-order valence-corrected chi connectivity index (χ1v) is 10.2. The largest absolute Gasteiger partial charge is 0.492 e. The van der Waals surface area contributed by atoms with Crippen molar-refractivity contribution in [3.05, 3.63) is 46.1 Å². The molecule has 0 bridgehead atoms. The maximum absolute atomic E-state index is 10.9. The molecule has 6 nitrogen and oxygen atoms in total. The van der Waals surface area contributed by atoms with Gasteiger partial charge in [-0.1, -0.05) is 35.1 Å². The molecule has 1 atom stereocenters. The number of piperazine rings is 1. The Hall–Kier alpha value is -1.96. The van der Waals surface area contributed by atoms with E-state index in [9.17, 15) is 5.11 Å². The molecule has 138 valence electrons.